The molecule has 2 rings (SSSR count). The van der Waals surface area contributed by atoms with E-state index in [4.69, 9.17) is 5.53 Å². The minimum atomic E-state index is 0.286. The average molecular weight is 339 g/mol. The largest absolute Gasteiger partial charge is 0.304 e. The molecule has 1 heterocycles. The van der Waals surface area contributed by atoms with Crippen molar-refractivity contribution in [2.24, 2.45) is 5.11 Å². The second-order valence-electron chi connectivity index (χ2n) is 3.51. The molecule has 6 heteroatoms. The van der Waals surface area contributed by atoms with Crippen molar-refractivity contribution in [2.75, 3.05) is 0 Å². The SMILES string of the molecule is Cc1nc(CN=[N+]=[N-])cn1-c1ccc(I)cc1. The zero-order valence-corrected chi connectivity index (χ0v) is 11.4. The lowest BCUT2D eigenvalue weighted by Gasteiger charge is -2.04. The molecular weight excluding hydrogens is 329 g/mol. The summed E-state index contributed by atoms with van der Waals surface area (Å²) in [5, 5.41) is 3.51. The van der Waals surface area contributed by atoms with Gasteiger partial charge in [-0.15, -0.1) is 0 Å². The molecule has 1 aromatic heterocycles. The van der Waals surface area contributed by atoms with Crippen molar-refractivity contribution in [1.29, 1.82) is 0 Å². The zero-order chi connectivity index (χ0) is 12.3. The van der Waals surface area contributed by atoms with E-state index in [1.54, 1.807) is 0 Å². The van der Waals surface area contributed by atoms with Crippen molar-refractivity contribution >= 4 is 22.6 Å². The predicted molar refractivity (Wildman–Crippen MR) is 73.9 cm³/mol. The van der Waals surface area contributed by atoms with E-state index in [2.05, 4.69) is 37.6 Å². The second-order valence-corrected chi connectivity index (χ2v) is 4.76. The number of hydrogen-bond donors (Lipinski definition) is 0. The number of azide groups is 1. The van der Waals surface area contributed by atoms with Gasteiger partial charge in [-0.3, -0.25) is 0 Å². The van der Waals surface area contributed by atoms with Crippen LogP contribution in [0, 0.1) is 10.5 Å². The summed E-state index contributed by atoms with van der Waals surface area (Å²) in [7, 11) is 0. The summed E-state index contributed by atoms with van der Waals surface area (Å²) in [4.78, 5) is 7.07. The van der Waals surface area contributed by atoms with E-state index in [1.165, 1.54) is 3.57 Å². The van der Waals surface area contributed by atoms with Crippen LogP contribution < -0.4 is 0 Å². The van der Waals surface area contributed by atoms with Crippen LogP contribution in [0.5, 0.6) is 0 Å². The van der Waals surface area contributed by atoms with E-state index in [1.807, 2.05) is 42.0 Å². The van der Waals surface area contributed by atoms with E-state index in [0.29, 0.717) is 0 Å². The molecule has 1 aromatic carbocycles. The molecule has 0 N–H and O–H groups in total. The summed E-state index contributed by atoms with van der Waals surface area (Å²) in [6.07, 6.45) is 1.90. The van der Waals surface area contributed by atoms with Crippen molar-refractivity contribution in [3.05, 3.63) is 56.0 Å². The van der Waals surface area contributed by atoms with Crippen molar-refractivity contribution in [3.8, 4) is 5.69 Å². The number of halogens is 1. The maximum atomic E-state index is 8.27. The van der Waals surface area contributed by atoms with Crippen LogP contribution in [0.3, 0.4) is 0 Å². The topological polar surface area (TPSA) is 66.6 Å². The highest BCUT2D eigenvalue weighted by atomic mass is 127. The fourth-order valence-electron chi connectivity index (χ4n) is 1.58. The Kier molecular flexibility index (Phi) is 3.65. The Balaban J connectivity index is 2.35. The number of rotatable bonds is 3. The van der Waals surface area contributed by atoms with Crippen LogP contribution in [0.1, 0.15) is 11.5 Å². The van der Waals surface area contributed by atoms with Crippen LogP contribution in [0.15, 0.2) is 35.6 Å². The summed E-state index contributed by atoms with van der Waals surface area (Å²) in [5.74, 6) is 0.884. The first-order valence-corrected chi connectivity index (χ1v) is 6.10. The van der Waals surface area contributed by atoms with Gasteiger partial charge in [0.2, 0.25) is 0 Å². The molecule has 0 atom stereocenters. The molecule has 5 nitrogen and oxygen atoms in total. The van der Waals surface area contributed by atoms with Gasteiger partial charge in [-0.1, -0.05) is 5.11 Å². The smallest absolute Gasteiger partial charge is 0.110 e. The van der Waals surface area contributed by atoms with Crippen LogP contribution in [-0.2, 0) is 6.54 Å². The van der Waals surface area contributed by atoms with Gasteiger partial charge < -0.3 is 4.57 Å². The minimum Gasteiger partial charge on any atom is -0.304 e. The van der Waals surface area contributed by atoms with Crippen LogP contribution in [0.2, 0.25) is 0 Å². The van der Waals surface area contributed by atoms with Crippen molar-refractivity contribution in [2.45, 2.75) is 13.5 Å². The average Bonchev–Trinajstić information content (AvgIpc) is 2.69. The van der Waals surface area contributed by atoms with Crippen molar-refractivity contribution < 1.29 is 0 Å². The van der Waals surface area contributed by atoms with Crippen molar-refractivity contribution in [1.82, 2.24) is 9.55 Å². The fourth-order valence-corrected chi connectivity index (χ4v) is 1.94. The lowest BCUT2D eigenvalue weighted by Crippen LogP contribution is -1.94. The molecule has 0 aliphatic rings. The molecule has 2 aromatic rings. The summed E-state index contributed by atoms with van der Waals surface area (Å²) < 4.78 is 3.18. The third-order valence-corrected chi connectivity index (χ3v) is 3.05. The maximum Gasteiger partial charge on any atom is 0.110 e. The standard InChI is InChI=1S/C11H10IN5/c1-8-15-10(6-14-16-13)7-17(8)11-4-2-9(12)3-5-11/h2-5,7H,6H2,1H3. The number of imidazole rings is 1. The van der Waals surface area contributed by atoms with Crippen LogP contribution in [0.25, 0.3) is 16.1 Å². The van der Waals surface area contributed by atoms with Gasteiger partial charge >= 0.3 is 0 Å². The Hall–Kier alpha value is -1.53. The Labute approximate surface area is 112 Å². The normalized spacial score (nSPS) is 10.0. The quantitative estimate of drug-likeness (QED) is 0.365. The van der Waals surface area contributed by atoms with Crippen molar-refractivity contribution in [3.63, 3.8) is 0 Å². The number of nitrogens with zero attached hydrogens (tertiary/aromatic N) is 5. The number of benzene rings is 1. The maximum absolute atomic E-state index is 8.27. The molecule has 0 spiro atoms. The highest BCUT2D eigenvalue weighted by Crippen LogP contribution is 2.15. The monoisotopic (exact) mass is 339 g/mol. The molecule has 0 saturated carbocycles. The van der Waals surface area contributed by atoms with Gasteiger partial charge in [-0.25, -0.2) is 4.98 Å². The van der Waals surface area contributed by atoms with Gasteiger partial charge in [0.1, 0.15) is 5.82 Å². The molecule has 86 valence electrons. The highest BCUT2D eigenvalue weighted by Gasteiger charge is 2.04. The molecule has 0 saturated heterocycles. The number of aryl methyl sites for hydroxylation is 1. The molecule has 0 bridgehead atoms. The zero-order valence-electron chi connectivity index (χ0n) is 9.21. The van der Waals surface area contributed by atoms with E-state index in [9.17, 15) is 0 Å². The number of hydrogen-bond acceptors (Lipinski definition) is 2. The van der Waals surface area contributed by atoms with Crippen LogP contribution in [-0.4, -0.2) is 9.55 Å². The molecule has 17 heavy (non-hydrogen) atoms. The third-order valence-electron chi connectivity index (χ3n) is 2.33. The van der Waals surface area contributed by atoms with Crippen LogP contribution >= 0.6 is 22.6 Å². The second kappa shape index (κ2) is 5.20. The van der Waals surface area contributed by atoms with E-state index in [-0.39, 0.29) is 6.54 Å². The van der Waals surface area contributed by atoms with Gasteiger partial charge in [0.15, 0.2) is 0 Å². The summed E-state index contributed by atoms with van der Waals surface area (Å²) in [5.41, 5.74) is 10.1. The van der Waals surface area contributed by atoms with E-state index in [0.717, 1.165) is 17.2 Å². The third kappa shape index (κ3) is 2.78. The number of aromatic nitrogens is 2. The summed E-state index contributed by atoms with van der Waals surface area (Å²) >= 11 is 2.27. The lowest BCUT2D eigenvalue weighted by atomic mass is 10.3. The lowest BCUT2D eigenvalue weighted by molar-refractivity contribution is 0.965. The highest BCUT2D eigenvalue weighted by molar-refractivity contribution is 14.1. The Morgan fingerprint density at radius 1 is 1.41 bits per heavy atom. The first-order valence-electron chi connectivity index (χ1n) is 5.02. The molecule has 0 amide bonds. The summed E-state index contributed by atoms with van der Waals surface area (Å²) in [6, 6.07) is 8.16. The van der Waals surface area contributed by atoms with E-state index >= 15 is 0 Å². The molecular formula is C11H10IN5. The molecule has 0 fully saturated rings. The van der Waals surface area contributed by atoms with Crippen LogP contribution in [0.4, 0.5) is 0 Å². The first-order chi connectivity index (χ1) is 8.20. The van der Waals surface area contributed by atoms with Gasteiger partial charge in [0, 0.05) is 20.4 Å². The predicted octanol–water partition coefficient (Wildman–Crippen LogP) is 3.60. The minimum absolute atomic E-state index is 0.286. The Bertz CT molecular complexity index is 566. The Morgan fingerprint density at radius 2 is 2.12 bits per heavy atom. The van der Waals surface area contributed by atoms with Gasteiger partial charge in [-0.2, -0.15) is 0 Å². The molecule has 0 aliphatic carbocycles. The molecule has 0 aliphatic heterocycles. The Morgan fingerprint density at radius 3 is 2.76 bits per heavy atom. The first kappa shape index (κ1) is 11.9. The van der Waals surface area contributed by atoms with Gasteiger partial charge in [-0.05, 0) is 59.3 Å². The van der Waals surface area contributed by atoms with Gasteiger partial charge in [0.05, 0.1) is 12.2 Å². The molecule has 0 radical (unpaired) electrons. The van der Waals surface area contributed by atoms with E-state index < -0.39 is 0 Å². The fraction of sp³-hybridized carbons (Fsp3) is 0.182. The van der Waals surface area contributed by atoms with Gasteiger partial charge in [0.25, 0.3) is 0 Å². The summed E-state index contributed by atoms with van der Waals surface area (Å²) in [6.45, 7) is 2.21. The molecule has 0 unspecified atom stereocenters.